The molecule has 0 radical (unpaired) electrons. The highest BCUT2D eigenvalue weighted by Crippen LogP contribution is 2.21. The van der Waals surface area contributed by atoms with Gasteiger partial charge in [0.2, 0.25) is 0 Å². The highest BCUT2D eigenvalue weighted by atomic mass is 35.5. The van der Waals surface area contributed by atoms with Gasteiger partial charge in [-0.05, 0) is 31.3 Å². The van der Waals surface area contributed by atoms with Crippen molar-refractivity contribution in [3.63, 3.8) is 0 Å². The third-order valence-corrected chi connectivity index (χ3v) is 2.94. The van der Waals surface area contributed by atoms with Gasteiger partial charge in [0, 0.05) is 12.4 Å². The summed E-state index contributed by atoms with van der Waals surface area (Å²) < 4.78 is 0. The molecule has 1 nitrogen and oxygen atoms in total. The summed E-state index contributed by atoms with van der Waals surface area (Å²) in [5, 5.41) is 0. The topological polar surface area (TPSA) is 3.24 Å². The molecule has 1 fully saturated rings. The zero-order valence-corrected chi connectivity index (χ0v) is 8.32. The predicted octanol–water partition coefficient (Wildman–Crippen LogP) is 2.35. The smallest absolute Gasteiger partial charge is 0.0286 e. The van der Waals surface area contributed by atoms with Crippen molar-refractivity contribution in [1.82, 2.24) is 4.90 Å². The van der Waals surface area contributed by atoms with E-state index in [0.717, 1.165) is 12.4 Å². The van der Waals surface area contributed by atoms with E-state index >= 15 is 0 Å². The van der Waals surface area contributed by atoms with Crippen LogP contribution in [0.3, 0.4) is 0 Å². The van der Waals surface area contributed by atoms with Crippen LogP contribution in [0, 0.1) is 5.41 Å². The average Bonchev–Trinajstić information content (AvgIpc) is 2.39. The Morgan fingerprint density at radius 2 is 1.82 bits per heavy atom. The number of hydrogen-bond acceptors (Lipinski definition) is 1. The molecule has 66 valence electrons. The summed E-state index contributed by atoms with van der Waals surface area (Å²) in [4.78, 5) is 2.52. The maximum Gasteiger partial charge on any atom is 0.0286 e. The lowest BCUT2D eigenvalue weighted by atomic mass is 9.96. The Morgan fingerprint density at radius 3 is 2.27 bits per heavy atom. The van der Waals surface area contributed by atoms with Gasteiger partial charge in [-0.2, -0.15) is 0 Å². The molecular formula is C9H18ClN. The summed E-state index contributed by atoms with van der Waals surface area (Å²) in [6.07, 6.45) is 2.75. The number of rotatable bonds is 3. The summed E-state index contributed by atoms with van der Waals surface area (Å²) >= 11 is 5.84. The lowest BCUT2D eigenvalue weighted by Gasteiger charge is -2.27. The van der Waals surface area contributed by atoms with Crippen molar-refractivity contribution in [2.75, 3.05) is 25.5 Å². The summed E-state index contributed by atoms with van der Waals surface area (Å²) in [6.45, 7) is 8.19. The first-order valence-corrected chi connectivity index (χ1v) is 4.96. The largest absolute Gasteiger partial charge is 0.303 e. The minimum atomic E-state index is 0.298. The van der Waals surface area contributed by atoms with Gasteiger partial charge in [-0.3, -0.25) is 0 Å². The van der Waals surface area contributed by atoms with Gasteiger partial charge in [0.15, 0.2) is 0 Å². The molecule has 1 aliphatic rings. The van der Waals surface area contributed by atoms with Gasteiger partial charge < -0.3 is 4.90 Å². The molecule has 0 bridgehead atoms. The molecule has 0 aromatic heterocycles. The second-order valence-corrected chi connectivity index (χ2v) is 4.55. The summed E-state index contributed by atoms with van der Waals surface area (Å²) in [7, 11) is 0. The summed E-state index contributed by atoms with van der Waals surface area (Å²) in [6, 6.07) is 0. The maximum absolute atomic E-state index is 5.84. The lowest BCUT2D eigenvalue weighted by Crippen LogP contribution is -2.33. The Balaban J connectivity index is 2.28. The first-order valence-electron chi connectivity index (χ1n) is 4.42. The van der Waals surface area contributed by atoms with E-state index in [4.69, 9.17) is 11.6 Å². The number of halogens is 1. The molecular weight excluding hydrogens is 158 g/mol. The number of nitrogens with zero attached hydrogens (tertiary/aromatic N) is 1. The van der Waals surface area contributed by atoms with Crippen molar-refractivity contribution in [3.05, 3.63) is 0 Å². The van der Waals surface area contributed by atoms with Crippen LogP contribution in [0.2, 0.25) is 0 Å². The van der Waals surface area contributed by atoms with Crippen LogP contribution < -0.4 is 0 Å². The van der Waals surface area contributed by atoms with Gasteiger partial charge in [0.25, 0.3) is 0 Å². The van der Waals surface area contributed by atoms with E-state index in [9.17, 15) is 0 Å². The van der Waals surface area contributed by atoms with E-state index in [1.807, 2.05) is 0 Å². The van der Waals surface area contributed by atoms with Crippen LogP contribution in [-0.2, 0) is 0 Å². The molecule has 0 atom stereocenters. The minimum Gasteiger partial charge on any atom is -0.303 e. The van der Waals surface area contributed by atoms with Gasteiger partial charge in [-0.15, -0.1) is 11.6 Å². The van der Waals surface area contributed by atoms with Crippen LogP contribution in [0.1, 0.15) is 26.7 Å². The Labute approximate surface area is 74.7 Å². The highest BCUT2D eigenvalue weighted by Gasteiger charge is 2.22. The fourth-order valence-corrected chi connectivity index (χ4v) is 1.67. The van der Waals surface area contributed by atoms with Crippen molar-refractivity contribution >= 4 is 11.6 Å². The molecule has 11 heavy (non-hydrogen) atoms. The van der Waals surface area contributed by atoms with Crippen molar-refractivity contribution in [1.29, 1.82) is 0 Å². The van der Waals surface area contributed by atoms with Gasteiger partial charge >= 0.3 is 0 Å². The molecule has 1 rings (SSSR count). The van der Waals surface area contributed by atoms with E-state index in [1.165, 1.54) is 25.9 Å². The van der Waals surface area contributed by atoms with Crippen LogP contribution in [0.25, 0.3) is 0 Å². The first-order chi connectivity index (χ1) is 5.14. The number of hydrogen-bond donors (Lipinski definition) is 0. The molecule has 0 aromatic carbocycles. The zero-order chi connectivity index (χ0) is 8.32. The molecule has 0 aliphatic carbocycles. The van der Waals surface area contributed by atoms with Gasteiger partial charge in [-0.25, -0.2) is 0 Å². The van der Waals surface area contributed by atoms with Crippen LogP contribution >= 0.6 is 11.6 Å². The van der Waals surface area contributed by atoms with Crippen molar-refractivity contribution in [3.8, 4) is 0 Å². The number of likely N-dealkylation sites (tertiary alicyclic amines) is 1. The molecule has 0 aromatic rings. The molecule has 0 unspecified atom stereocenters. The van der Waals surface area contributed by atoms with Gasteiger partial charge in [-0.1, -0.05) is 13.8 Å². The van der Waals surface area contributed by atoms with Crippen LogP contribution in [0.4, 0.5) is 0 Å². The second kappa shape index (κ2) is 3.77. The second-order valence-electron chi connectivity index (χ2n) is 4.28. The fraction of sp³-hybridized carbons (Fsp3) is 1.00. The fourth-order valence-electron chi connectivity index (χ4n) is 1.59. The van der Waals surface area contributed by atoms with E-state index in [-0.39, 0.29) is 0 Å². The zero-order valence-electron chi connectivity index (χ0n) is 7.57. The van der Waals surface area contributed by atoms with E-state index in [2.05, 4.69) is 18.7 Å². The van der Waals surface area contributed by atoms with Crippen LogP contribution in [0.15, 0.2) is 0 Å². The van der Waals surface area contributed by atoms with E-state index in [0.29, 0.717) is 5.41 Å². The Bertz CT molecular complexity index is 117. The summed E-state index contributed by atoms with van der Waals surface area (Å²) in [5.41, 5.74) is 0.298. The molecule has 2 heteroatoms. The van der Waals surface area contributed by atoms with Crippen molar-refractivity contribution in [2.45, 2.75) is 26.7 Å². The SMILES string of the molecule is CC(C)(CCl)CN1CCCC1. The van der Waals surface area contributed by atoms with Crippen LogP contribution in [-0.4, -0.2) is 30.4 Å². The quantitative estimate of drug-likeness (QED) is 0.596. The predicted molar refractivity (Wildman–Crippen MR) is 50.2 cm³/mol. The Morgan fingerprint density at radius 1 is 1.27 bits per heavy atom. The minimum absolute atomic E-state index is 0.298. The third kappa shape index (κ3) is 3.00. The third-order valence-electron chi connectivity index (χ3n) is 2.21. The molecule has 0 saturated carbocycles. The standard InChI is InChI=1S/C9H18ClN/c1-9(2,7-10)8-11-5-3-4-6-11/h3-8H2,1-2H3. The number of alkyl halides is 1. The normalized spacial score (nSPS) is 21.0. The van der Waals surface area contributed by atoms with Gasteiger partial charge in [0.05, 0.1) is 0 Å². The van der Waals surface area contributed by atoms with Gasteiger partial charge in [0.1, 0.15) is 0 Å². The Kier molecular flexibility index (Phi) is 3.20. The first kappa shape index (κ1) is 9.34. The highest BCUT2D eigenvalue weighted by molar-refractivity contribution is 6.18. The maximum atomic E-state index is 5.84. The van der Waals surface area contributed by atoms with E-state index < -0.39 is 0 Å². The Hall–Kier alpha value is 0.250. The molecule has 1 heterocycles. The average molecular weight is 176 g/mol. The van der Waals surface area contributed by atoms with E-state index in [1.54, 1.807) is 0 Å². The molecule has 0 spiro atoms. The molecule has 1 saturated heterocycles. The van der Waals surface area contributed by atoms with Crippen molar-refractivity contribution < 1.29 is 0 Å². The molecule has 0 N–H and O–H groups in total. The summed E-state index contributed by atoms with van der Waals surface area (Å²) in [5.74, 6) is 0.767. The molecule has 0 amide bonds. The van der Waals surface area contributed by atoms with Crippen LogP contribution in [0.5, 0.6) is 0 Å². The van der Waals surface area contributed by atoms with Crippen molar-refractivity contribution in [2.24, 2.45) is 5.41 Å². The lowest BCUT2D eigenvalue weighted by molar-refractivity contribution is 0.230. The monoisotopic (exact) mass is 175 g/mol. The molecule has 1 aliphatic heterocycles.